The molecule has 0 saturated carbocycles. The van der Waals surface area contributed by atoms with Gasteiger partial charge in [0.25, 0.3) is 5.56 Å². The molecule has 152 valence electrons. The van der Waals surface area contributed by atoms with Gasteiger partial charge in [-0.3, -0.25) is 4.79 Å². The molecular weight excluding hydrogens is 390 g/mol. The monoisotopic (exact) mass is 413 g/mol. The number of urea groups is 1. The van der Waals surface area contributed by atoms with Crippen LogP contribution in [-0.4, -0.2) is 34.2 Å². The van der Waals surface area contributed by atoms with Crippen molar-refractivity contribution in [3.8, 4) is 0 Å². The molecule has 3 N–H and O–H groups in total. The van der Waals surface area contributed by atoms with Crippen LogP contribution in [0.1, 0.15) is 23.1 Å². The number of amides is 2. The molecule has 0 spiro atoms. The molecule has 29 heavy (non-hydrogen) atoms. The first-order valence-electron chi connectivity index (χ1n) is 9.44. The summed E-state index contributed by atoms with van der Waals surface area (Å²) in [5.74, 6) is 0. The average Bonchev–Trinajstić information content (AvgIpc) is 2.70. The number of halogens is 1. The number of aromatic nitrogens is 1. The molecule has 0 atom stereocenters. The molecular formula is C22H24ClN3O3. The fraction of sp³-hybridized carbons (Fsp3) is 0.273. The van der Waals surface area contributed by atoms with Crippen LogP contribution in [0.5, 0.6) is 0 Å². The van der Waals surface area contributed by atoms with Crippen LogP contribution in [0.2, 0.25) is 5.02 Å². The molecule has 6 nitrogen and oxygen atoms in total. The molecule has 0 aliphatic rings. The van der Waals surface area contributed by atoms with E-state index >= 15 is 0 Å². The fourth-order valence-electron chi connectivity index (χ4n) is 3.21. The van der Waals surface area contributed by atoms with Crippen LogP contribution >= 0.6 is 11.6 Å². The summed E-state index contributed by atoms with van der Waals surface area (Å²) in [6.45, 7) is 4.30. The summed E-state index contributed by atoms with van der Waals surface area (Å²) >= 11 is 6.13. The van der Waals surface area contributed by atoms with Gasteiger partial charge in [-0.2, -0.15) is 0 Å². The molecule has 0 aliphatic carbocycles. The second kappa shape index (κ2) is 9.11. The summed E-state index contributed by atoms with van der Waals surface area (Å²) in [7, 11) is 0. The van der Waals surface area contributed by atoms with Crippen molar-refractivity contribution < 1.29 is 9.90 Å². The first-order chi connectivity index (χ1) is 13.9. The first-order valence-corrected chi connectivity index (χ1v) is 9.82. The van der Waals surface area contributed by atoms with Gasteiger partial charge in [-0.15, -0.1) is 0 Å². The van der Waals surface area contributed by atoms with E-state index in [2.05, 4.69) is 10.3 Å². The van der Waals surface area contributed by atoms with Crippen molar-refractivity contribution in [2.75, 3.05) is 18.5 Å². The lowest BCUT2D eigenvalue weighted by molar-refractivity contribution is 0.199. The minimum Gasteiger partial charge on any atom is -0.396 e. The lowest BCUT2D eigenvalue weighted by Crippen LogP contribution is -2.37. The second-order valence-electron chi connectivity index (χ2n) is 7.02. The van der Waals surface area contributed by atoms with Gasteiger partial charge in [0.15, 0.2) is 0 Å². The van der Waals surface area contributed by atoms with E-state index in [-0.39, 0.29) is 24.7 Å². The van der Waals surface area contributed by atoms with Crippen LogP contribution in [0, 0.1) is 13.8 Å². The quantitative estimate of drug-likeness (QED) is 0.565. The minimum atomic E-state index is -0.382. The zero-order valence-corrected chi connectivity index (χ0v) is 17.2. The number of carbonyl (C=O) groups is 1. The van der Waals surface area contributed by atoms with Crippen LogP contribution < -0.4 is 10.9 Å². The van der Waals surface area contributed by atoms with Crippen LogP contribution in [-0.2, 0) is 6.54 Å². The average molecular weight is 414 g/mol. The lowest BCUT2D eigenvalue weighted by atomic mass is 10.0. The van der Waals surface area contributed by atoms with Crippen LogP contribution in [0.15, 0.2) is 47.3 Å². The van der Waals surface area contributed by atoms with Crippen molar-refractivity contribution >= 4 is 34.2 Å². The zero-order chi connectivity index (χ0) is 21.0. The fourth-order valence-corrected chi connectivity index (χ4v) is 3.40. The van der Waals surface area contributed by atoms with Gasteiger partial charge < -0.3 is 20.3 Å². The van der Waals surface area contributed by atoms with Crippen molar-refractivity contribution in [2.24, 2.45) is 0 Å². The Morgan fingerprint density at radius 2 is 1.90 bits per heavy atom. The molecule has 0 unspecified atom stereocenters. The number of pyridine rings is 1. The molecule has 0 fully saturated rings. The number of hydrogen-bond acceptors (Lipinski definition) is 3. The SMILES string of the molecule is Cc1ccc(C)c2[nH]c(=O)c(CN(CCCO)C(=O)Nc3ccccc3Cl)cc12. The number of anilines is 1. The van der Waals surface area contributed by atoms with Crippen molar-refractivity contribution in [3.63, 3.8) is 0 Å². The van der Waals surface area contributed by atoms with E-state index in [1.807, 2.05) is 32.0 Å². The Bertz CT molecular complexity index is 1090. The van der Waals surface area contributed by atoms with Gasteiger partial charge in [0.1, 0.15) is 0 Å². The molecule has 2 aromatic carbocycles. The van der Waals surface area contributed by atoms with Gasteiger partial charge >= 0.3 is 6.03 Å². The molecule has 7 heteroatoms. The lowest BCUT2D eigenvalue weighted by Gasteiger charge is -2.23. The van der Waals surface area contributed by atoms with E-state index < -0.39 is 0 Å². The number of hydrogen-bond donors (Lipinski definition) is 3. The summed E-state index contributed by atoms with van der Waals surface area (Å²) in [4.78, 5) is 29.9. The van der Waals surface area contributed by atoms with E-state index in [1.165, 1.54) is 4.90 Å². The first kappa shape index (κ1) is 20.9. The zero-order valence-electron chi connectivity index (χ0n) is 16.5. The Hall–Kier alpha value is -2.83. The summed E-state index contributed by atoms with van der Waals surface area (Å²) in [6, 6.07) is 12.4. The Balaban J connectivity index is 1.91. The van der Waals surface area contributed by atoms with Crippen molar-refractivity contribution in [2.45, 2.75) is 26.8 Å². The van der Waals surface area contributed by atoms with Gasteiger partial charge in [0.05, 0.1) is 22.8 Å². The second-order valence-corrected chi connectivity index (χ2v) is 7.43. The Morgan fingerprint density at radius 3 is 2.62 bits per heavy atom. The number of nitrogens with zero attached hydrogens (tertiary/aromatic N) is 1. The molecule has 2 amide bonds. The number of nitrogens with one attached hydrogen (secondary N) is 2. The number of aromatic amines is 1. The van der Waals surface area contributed by atoms with Gasteiger partial charge in [-0.1, -0.05) is 35.9 Å². The Labute approximate surface area is 174 Å². The van der Waals surface area contributed by atoms with Crippen LogP contribution in [0.25, 0.3) is 10.9 Å². The number of benzene rings is 2. The molecule has 3 aromatic rings. The van der Waals surface area contributed by atoms with Crippen LogP contribution in [0.4, 0.5) is 10.5 Å². The van der Waals surface area contributed by atoms with E-state index in [9.17, 15) is 14.7 Å². The number of rotatable bonds is 6. The van der Waals surface area contributed by atoms with E-state index in [0.29, 0.717) is 29.2 Å². The van der Waals surface area contributed by atoms with Gasteiger partial charge in [0, 0.05) is 24.1 Å². The Kier molecular flexibility index (Phi) is 6.56. The summed E-state index contributed by atoms with van der Waals surface area (Å²) in [5.41, 5.74) is 3.59. The number of fused-ring (bicyclic) bond motifs is 1. The molecule has 0 aliphatic heterocycles. The molecule has 3 rings (SSSR count). The van der Waals surface area contributed by atoms with E-state index in [4.69, 9.17) is 11.6 Å². The highest BCUT2D eigenvalue weighted by Gasteiger charge is 2.17. The van der Waals surface area contributed by atoms with Crippen molar-refractivity contribution in [1.29, 1.82) is 0 Å². The standard InChI is InChI=1S/C22H24ClN3O3/c1-14-8-9-15(2)20-17(14)12-16(21(28)25-20)13-26(10-5-11-27)22(29)24-19-7-4-3-6-18(19)23/h3-4,6-9,12,27H,5,10-11,13H2,1-2H3,(H,24,29)(H,25,28). The third-order valence-corrected chi connectivity index (χ3v) is 5.20. The highest BCUT2D eigenvalue weighted by atomic mass is 35.5. The van der Waals surface area contributed by atoms with Crippen LogP contribution in [0.3, 0.4) is 0 Å². The maximum absolute atomic E-state index is 12.8. The number of aliphatic hydroxyl groups is 1. The number of aryl methyl sites for hydroxylation is 2. The normalized spacial score (nSPS) is 10.9. The molecule has 1 heterocycles. The molecule has 0 radical (unpaired) electrons. The predicted octanol–water partition coefficient (Wildman–Crippen LogP) is 4.21. The maximum Gasteiger partial charge on any atom is 0.322 e. The van der Waals surface area contributed by atoms with Crippen molar-refractivity contribution in [3.05, 3.63) is 74.5 Å². The number of carbonyl (C=O) groups excluding carboxylic acids is 1. The predicted molar refractivity (Wildman–Crippen MR) is 117 cm³/mol. The topological polar surface area (TPSA) is 85.4 Å². The van der Waals surface area contributed by atoms with Crippen molar-refractivity contribution in [1.82, 2.24) is 9.88 Å². The van der Waals surface area contributed by atoms with Gasteiger partial charge in [0.2, 0.25) is 0 Å². The Morgan fingerprint density at radius 1 is 1.17 bits per heavy atom. The smallest absolute Gasteiger partial charge is 0.322 e. The van der Waals surface area contributed by atoms with E-state index in [1.54, 1.807) is 24.3 Å². The third-order valence-electron chi connectivity index (χ3n) is 4.87. The molecule has 1 aromatic heterocycles. The molecule has 0 saturated heterocycles. The largest absolute Gasteiger partial charge is 0.396 e. The van der Waals surface area contributed by atoms with Gasteiger partial charge in [-0.05, 0) is 49.6 Å². The number of aliphatic hydroxyl groups excluding tert-OH is 1. The number of H-pyrrole nitrogens is 1. The minimum absolute atomic E-state index is 0.0533. The van der Waals surface area contributed by atoms with Gasteiger partial charge in [-0.25, -0.2) is 4.79 Å². The highest BCUT2D eigenvalue weighted by Crippen LogP contribution is 2.22. The highest BCUT2D eigenvalue weighted by molar-refractivity contribution is 6.33. The summed E-state index contributed by atoms with van der Waals surface area (Å²) in [5, 5.41) is 13.4. The van der Waals surface area contributed by atoms with E-state index in [0.717, 1.165) is 22.0 Å². The number of para-hydroxylation sites is 1. The summed E-state index contributed by atoms with van der Waals surface area (Å²) in [6.07, 6.45) is 0.402. The third kappa shape index (κ3) is 4.78. The maximum atomic E-state index is 12.8. The molecule has 0 bridgehead atoms. The summed E-state index contributed by atoms with van der Waals surface area (Å²) < 4.78 is 0.